The summed E-state index contributed by atoms with van der Waals surface area (Å²) in [5.41, 5.74) is 0. The average Bonchev–Trinajstić information content (AvgIpc) is 2.52. The Labute approximate surface area is 98.2 Å². The van der Waals surface area contributed by atoms with Gasteiger partial charge in [0, 0.05) is 17.5 Å². The van der Waals surface area contributed by atoms with Crippen molar-refractivity contribution < 1.29 is 0 Å². The Balaban J connectivity index is 1.85. The molecule has 0 aromatic rings. The maximum atomic E-state index is 6.58. The van der Waals surface area contributed by atoms with Gasteiger partial charge in [-0.15, -0.1) is 11.6 Å². The van der Waals surface area contributed by atoms with E-state index in [1.54, 1.807) is 0 Å². The molecule has 0 amide bonds. The van der Waals surface area contributed by atoms with Crippen molar-refractivity contribution in [2.24, 2.45) is 11.8 Å². The lowest BCUT2D eigenvalue weighted by atomic mass is 9.71. The van der Waals surface area contributed by atoms with Crippen LogP contribution in [-0.4, -0.2) is 28.9 Å². The number of halogens is 1. The van der Waals surface area contributed by atoms with Gasteiger partial charge in [-0.3, -0.25) is 4.90 Å². The molecule has 1 nitrogen and oxygen atoms in total. The van der Waals surface area contributed by atoms with E-state index in [1.165, 1.54) is 45.1 Å². The molecule has 15 heavy (non-hydrogen) atoms. The Hall–Kier alpha value is 0.250. The molecule has 3 fully saturated rings. The van der Waals surface area contributed by atoms with Crippen LogP contribution in [0.4, 0.5) is 0 Å². The highest BCUT2D eigenvalue weighted by molar-refractivity contribution is 6.20. The summed E-state index contributed by atoms with van der Waals surface area (Å²) in [6.45, 7) is 3.56. The van der Waals surface area contributed by atoms with Crippen molar-refractivity contribution in [3.8, 4) is 0 Å². The Morgan fingerprint density at radius 2 is 2.07 bits per heavy atom. The zero-order valence-electron chi connectivity index (χ0n) is 9.66. The van der Waals surface area contributed by atoms with Gasteiger partial charge in [-0.1, -0.05) is 13.3 Å². The van der Waals surface area contributed by atoms with Gasteiger partial charge in [0.2, 0.25) is 0 Å². The molecule has 86 valence electrons. The molecule has 2 saturated heterocycles. The SMILES string of the molecule is CCN1C2CCC1C1C(Cl)CCCC1C2. The van der Waals surface area contributed by atoms with Crippen LogP contribution >= 0.6 is 11.6 Å². The summed E-state index contributed by atoms with van der Waals surface area (Å²) in [6, 6.07) is 1.74. The van der Waals surface area contributed by atoms with Gasteiger partial charge in [0.05, 0.1) is 0 Å². The molecule has 5 atom stereocenters. The molecule has 0 aromatic heterocycles. The number of rotatable bonds is 1. The maximum absolute atomic E-state index is 6.58. The minimum Gasteiger partial charge on any atom is -0.297 e. The van der Waals surface area contributed by atoms with E-state index < -0.39 is 0 Å². The quantitative estimate of drug-likeness (QED) is 0.622. The topological polar surface area (TPSA) is 3.24 Å². The fourth-order valence-corrected chi connectivity index (χ4v) is 5.09. The van der Waals surface area contributed by atoms with E-state index in [0.717, 1.165) is 23.9 Å². The molecular weight excluding hydrogens is 206 g/mol. The van der Waals surface area contributed by atoms with Crippen molar-refractivity contribution in [2.45, 2.75) is 62.9 Å². The summed E-state index contributed by atoms with van der Waals surface area (Å²) in [5, 5.41) is 0.474. The van der Waals surface area contributed by atoms with Crippen LogP contribution in [-0.2, 0) is 0 Å². The van der Waals surface area contributed by atoms with Crippen molar-refractivity contribution in [3.63, 3.8) is 0 Å². The predicted molar refractivity (Wildman–Crippen MR) is 64.3 cm³/mol. The Bertz CT molecular complexity index is 243. The van der Waals surface area contributed by atoms with E-state index >= 15 is 0 Å². The van der Waals surface area contributed by atoms with Crippen molar-refractivity contribution in [2.75, 3.05) is 6.54 Å². The highest BCUT2D eigenvalue weighted by Gasteiger charge is 2.49. The zero-order valence-corrected chi connectivity index (χ0v) is 10.4. The summed E-state index contributed by atoms with van der Waals surface area (Å²) in [5.74, 6) is 1.78. The van der Waals surface area contributed by atoms with Crippen LogP contribution in [0, 0.1) is 11.8 Å². The number of piperidine rings is 1. The molecule has 3 aliphatic rings. The Morgan fingerprint density at radius 3 is 2.87 bits per heavy atom. The van der Waals surface area contributed by atoms with E-state index in [-0.39, 0.29) is 0 Å². The second-order valence-electron chi connectivity index (χ2n) is 5.65. The molecular formula is C13H22ClN. The van der Waals surface area contributed by atoms with Crippen LogP contribution in [0.5, 0.6) is 0 Å². The third-order valence-electron chi connectivity index (χ3n) is 5.09. The lowest BCUT2D eigenvalue weighted by molar-refractivity contribution is 0.0290. The van der Waals surface area contributed by atoms with Crippen molar-refractivity contribution in [3.05, 3.63) is 0 Å². The molecule has 2 heterocycles. The van der Waals surface area contributed by atoms with E-state index in [0.29, 0.717) is 5.38 Å². The summed E-state index contributed by atoms with van der Waals surface area (Å²) in [6.07, 6.45) is 8.40. The second kappa shape index (κ2) is 3.92. The smallest absolute Gasteiger partial charge is 0.0381 e. The van der Waals surface area contributed by atoms with Gasteiger partial charge in [-0.05, 0) is 50.5 Å². The minimum atomic E-state index is 0.474. The van der Waals surface area contributed by atoms with Crippen LogP contribution in [0.3, 0.4) is 0 Å². The molecule has 2 bridgehead atoms. The van der Waals surface area contributed by atoms with Gasteiger partial charge in [0.25, 0.3) is 0 Å². The fourth-order valence-electron chi connectivity index (χ4n) is 4.56. The highest BCUT2D eigenvalue weighted by Crippen LogP contribution is 2.49. The molecule has 2 heteroatoms. The third-order valence-corrected chi connectivity index (χ3v) is 5.60. The molecule has 1 saturated carbocycles. The predicted octanol–water partition coefficient (Wildman–Crippen LogP) is 3.27. The van der Waals surface area contributed by atoms with E-state index in [4.69, 9.17) is 11.6 Å². The van der Waals surface area contributed by atoms with Crippen LogP contribution in [0.25, 0.3) is 0 Å². The molecule has 5 unspecified atom stereocenters. The molecule has 0 radical (unpaired) electrons. The van der Waals surface area contributed by atoms with Crippen molar-refractivity contribution in [1.29, 1.82) is 0 Å². The first kappa shape index (κ1) is 10.4. The Morgan fingerprint density at radius 1 is 1.20 bits per heavy atom. The van der Waals surface area contributed by atoms with Gasteiger partial charge in [0.1, 0.15) is 0 Å². The summed E-state index contributed by atoms with van der Waals surface area (Å²) >= 11 is 6.58. The number of fused-ring (bicyclic) bond motifs is 4. The number of hydrogen-bond donors (Lipinski definition) is 0. The van der Waals surface area contributed by atoms with E-state index in [9.17, 15) is 0 Å². The lowest BCUT2D eigenvalue weighted by Gasteiger charge is -2.48. The molecule has 0 aromatic carbocycles. The van der Waals surface area contributed by atoms with E-state index in [2.05, 4.69) is 11.8 Å². The van der Waals surface area contributed by atoms with E-state index in [1.807, 2.05) is 0 Å². The van der Waals surface area contributed by atoms with Crippen molar-refractivity contribution >= 4 is 11.6 Å². The first-order chi connectivity index (χ1) is 7.31. The van der Waals surface area contributed by atoms with Crippen LogP contribution in [0.2, 0.25) is 0 Å². The molecule has 2 aliphatic heterocycles. The zero-order chi connectivity index (χ0) is 10.4. The monoisotopic (exact) mass is 227 g/mol. The maximum Gasteiger partial charge on any atom is 0.0381 e. The molecule has 0 N–H and O–H groups in total. The first-order valence-corrected chi connectivity index (χ1v) is 7.14. The standard InChI is InChI=1S/C13H22ClN/c1-2-15-10-6-7-12(15)13-9(8-10)4-3-5-11(13)14/h9-13H,2-8H2,1H3. The number of hydrogen-bond acceptors (Lipinski definition) is 1. The van der Waals surface area contributed by atoms with Crippen LogP contribution in [0.1, 0.15) is 45.4 Å². The second-order valence-corrected chi connectivity index (χ2v) is 6.21. The van der Waals surface area contributed by atoms with Gasteiger partial charge in [-0.2, -0.15) is 0 Å². The van der Waals surface area contributed by atoms with Gasteiger partial charge >= 0.3 is 0 Å². The molecule has 0 spiro atoms. The van der Waals surface area contributed by atoms with Gasteiger partial charge in [0.15, 0.2) is 0 Å². The number of alkyl halides is 1. The summed E-state index contributed by atoms with van der Waals surface area (Å²) < 4.78 is 0. The number of nitrogens with zero attached hydrogens (tertiary/aromatic N) is 1. The fraction of sp³-hybridized carbons (Fsp3) is 1.00. The summed E-state index contributed by atoms with van der Waals surface area (Å²) in [4.78, 5) is 2.75. The highest BCUT2D eigenvalue weighted by atomic mass is 35.5. The third kappa shape index (κ3) is 1.54. The van der Waals surface area contributed by atoms with Crippen molar-refractivity contribution in [1.82, 2.24) is 4.90 Å². The molecule has 3 rings (SSSR count). The summed E-state index contributed by atoms with van der Waals surface area (Å²) in [7, 11) is 0. The first-order valence-electron chi connectivity index (χ1n) is 6.71. The minimum absolute atomic E-state index is 0.474. The van der Waals surface area contributed by atoms with Gasteiger partial charge < -0.3 is 0 Å². The Kier molecular flexibility index (Phi) is 2.72. The lowest BCUT2D eigenvalue weighted by Crippen LogP contribution is -2.52. The largest absolute Gasteiger partial charge is 0.297 e. The molecule has 1 aliphatic carbocycles. The van der Waals surface area contributed by atoms with Crippen LogP contribution < -0.4 is 0 Å². The normalized spacial score (nSPS) is 50.4. The average molecular weight is 228 g/mol. The van der Waals surface area contributed by atoms with Gasteiger partial charge in [-0.25, -0.2) is 0 Å². The van der Waals surface area contributed by atoms with Crippen LogP contribution in [0.15, 0.2) is 0 Å².